The Morgan fingerprint density at radius 2 is 1.66 bits per heavy atom. The van der Waals surface area contributed by atoms with Crippen LogP contribution < -0.4 is 14.8 Å². The normalized spacial score (nSPS) is 24.9. The van der Waals surface area contributed by atoms with Gasteiger partial charge in [-0.15, -0.1) is 0 Å². The Bertz CT molecular complexity index is 1010. The van der Waals surface area contributed by atoms with Crippen molar-refractivity contribution in [3.8, 4) is 22.6 Å². The van der Waals surface area contributed by atoms with Gasteiger partial charge in [0.1, 0.15) is 6.33 Å². The second-order valence-electron chi connectivity index (χ2n) is 8.04. The van der Waals surface area contributed by atoms with E-state index in [-0.39, 0.29) is 0 Å². The maximum Gasteiger partial charge on any atom is 0.231 e. The van der Waals surface area contributed by atoms with Crippen molar-refractivity contribution >= 4 is 0 Å². The molecule has 1 aromatic heterocycles. The van der Waals surface area contributed by atoms with E-state index in [1.54, 1.807) is 6.33 Å². The number of benzene rings is 2. The van der Waals surface area contributed by atoms with Crippen molar-refractivity contribution in [3.05, 3.63) is 72.3 Å². The zero-order valence-corrected chi connectivity index (χ0v) is 16.0. The molecule has 4 aliphatic heterocycles. The Labute approximate surface area is 169 Å². The molecule has 29 heavy (non-hydrogen) atoms. The highest BCUT2D eigenvalue weighted by atomic mass is 16.7. The van der Waals surface area contributed by atoms with Crippen LogP contribution in [-0.4, -0.2) is 46.8 Å². The van der Waals surface area contributed by atoms with Gasteiger partial charge in [0.15, 0.2) is 11.5 Å². The SMILES string of the molecule is c1ncc(-c2ccc(C3[C@@H]4CN(Cc5ccc6c(c5)OCO6)C[C@H]3N4)cc2)cn1. The summed E-state index contributed by atoms with van der Waals surface area (Å²) in [5.41, 5.74) is 4.92. The van der Waals surface area contributed by atoms with Gasteiger partial charge >= 0.3 is 0 Å². The third kappa shape index (κ3) is 3.05. The lowest BCUT2D eigenvalue weighted by atomic mass is 9.74. The summed E-state index contributed by atoms with van der Waals surface area (Å²) in [6.07, 6.45) is 5.28. The van der Waals surface area contributed by atoms with Gasteiger partial charge in [0, 0.05) is 55.6 Å². The highest BCUT2D eigenvalue weighted by Crippen LogP contribution is 2.38. The van der Waals surface area contributed by atoms with Gasteiger partial charge in [0.05, 0.1) is 0 Å². The Morgan fingerprint density at radius 3 is 2.45 bits per heavy atom. The lowest BCUT2D eigenvalue weighted by Crippen LogP contribution is -2.71. The van der Waals surface area contributed by atoms with E-state index in [0.29, 0.717) is 24.8 Å². The maximum atomic E-state index is 5.51. The second-order valence-corrected chi connectivity index (χ2v) is 8.04. The van der Waals surface area contributed by atoms with Crippen molar-refractivity contribution < 1.29 is 9.47 Å². The number of piperazine rings is 1. The molecular formula is C23H22N4O2. The van der Waals surface area contributed by atoms with Crippen molar-refractivity contribution in [2.45, 2.75) is 24.5 Å². The topological polar surface area (TPSA) is 59.5 Å². The molecule has 0 spiro atoms. The average molecular weight is 386 g/mol. The summed E-state index contributed by atoms with van der Waals surface area (Å²) in [5.74, 6) is 2.30. The number of nitrogens with one attached hydrogen (secondary N) is 1. The molecule has 4 aliphatic rings. The molecule has 5 heterocycles. The predicted octanol–water partition coefficient (Wildman–Crippen LogP) is 2.81. The van der Waals surface area contributed by atoms with Gasteiger partial charge in [0.2, 0.25) is 6.79 Å². The first-order valence-corrected chi connectivity index (χ1v) is 10.1. The molecule has 3 aromatic rings. The molecule has 7 rings (SSSR count). The average Bonchev–Trinajstić information content (AvgIpc) is 3.23. The summed E-state index contributed by atoms with van der Waals surface area (Å²) in [6.45, 7) is 3.40. The van der Waals surface area contributed by atoms with Crippen LogP contribution in [0.4, 0.5) is 0 Å². The number of fused-ring (bicyclic) bond motifs is 3. The molecule has 3 saturated heterocycles. The fraction of sp³-hybridized carbons (Fsp3) is 0.304. The number of nitrogens with zero attached hydrogens (tertiary/aromatic N) is 3. The minimum Gasteiger partial charge on any atom is -0.454 e. The molecule has 6 heteroatoms. The summed E-state index contributed by atoms with van der Waals surface area (Å²) >= 11 is 0. The molecule has 0 amide bonds. The van der Waals surface area contributed by atoms with E-state index < -0.39 is 0 Å². The third-order valence-electron chi connectivity index (χ3n) is 6.24. The highest BCUT2D eigenvalue weighted by molar-refractivity contribution is 5.61. The van der Waals surface area contributed by atoms with Crippen molar-refractivity contribution in [2.75, 3.05) is 19.9 Å². The molecule has 0 saturated carbocycles. The van der Waals surface area contributed by atoms with Crippen LogP contribution in [0, 0.1) is 0 Å². The standard InChI is InChI=1S/C23H22N4O2/c1-6-21-22(29-14-28-21)7-15(1)10-27-11-19-23(20(12-27)26-19)17-4-2-16(3-5-17)18-8-24-13-25-9-18/h1-9,13,19-20,23,26H,10-12,14H2/t19-,20+,23?. The maximum absolute atomic E-state index is 5.51. The number of ether oxygens (including phenoxy) is 2. The van der Waals surface area contributed by atoms with Gasteiger partial charge in [-0.1, -0.05) is 30.3 Å². The Kier molecular flexibility index (Phi) is 3.99. The minimum absolute atomic E-state index is 0.328. The van der Waals surface area contributed by atoms with Crippen LogP contribution in [0.2, 0.25) is 0 Å². The lowest BCUT2D eigenvalue weighted by Gasteiger charge is -2.55. The number of aromatic nitrogens is 2. The van der Waals surface area contributed by atoms with Gasteiger partial charge in [0.25, 0.3) is 0 Å². The van der Waals surface area contributed by atoms with Crippen molar-refractivity contribution in [2.24, 2.45) is 0 Å². The minimum atomic E-state index is 0.328. The Morgan fingerprint density at radius 1 is 0.897 bits per heavy atom. The first-order chi connectivity index (χ1) is 14.3. The first-order valence-electron chi connectivity index (χ1n) is 10.1. The van der Waals surface area contributed by atoms with E-state index in [1.807, 2.05) is 18.5 Å². The van der Waals surface area contributed by atoms with E-state index in [2.05, 4.69) is 56.6 Å². The summed E-state index contributed by atoms with van der Waals surface area (Å²) in [5, 5.41) is 3.73. The van der Waals surface area contributed by atoms with Gasteiger partial charge in [-0.05, 0) is 28.8 Å². The smallest absolute Gasteiger partial charge is 0.231 e. The molecule has 1 unspecified atom stereocenters. The summed E-state index contributed by atoms with van der Waals surface area (Å²) < 4.78 is 10.9. The Balaban J connectivity index is 1.13. The van der Waals surface area contributed by atoms with E-state index in [4.69, 9.17) is 9.47 Å². The largest absolute Gasteiger partial charge is 0.454 e. The monoisotopic (exact) mass is 386 g/mol. The van der Waals surface area contributed by atoms with Gasteiger partial charge in [-0.25, -0.2) is 9.97 Å². The fourth-order valence-corrected chi connectivity index (χ4v) is 4.84. The van der Waals surface area contributed by atoms with E-state index in [9.17, 15) is 0 Å². The van der Waals surface area contributed by atoms with Crippen molar-refractivity contribution in [1.82, 2.24) is 20.2 Å². The molecule has 0 aliphatic carbocycles. The van der Waals surface area contributed by atoms with Crippen LogP contribution in [0.5, 0.6) is 11.5 Å². The zero-order valence-electron chi connectivity index (χ0n) is 16.0. The second kappa shape index (κ2) is 6.83. The van der Waals surface area contributed by atoms with Crippen molar-refractivity contribution in [3.63, 3.8) is 0 Å². The molecule has 0 radical (unpaired) electrons. The summed E-state index contributed by atoms with van der Waals surface area (Å²) in [6, 6.07) is 16.2. The van der Waals surface area contributed by atoms with Gasteiger partial charge < -0.3 is 14.8 Å². The highest BCUT2D eigenvalue weighted by Gasteiger charge is 2.46. The quantitative estimate of drug-likeness (QED) is 0.744. The van der Waals surface area contributed by atoms with Crippen LogP contribution in [0.3, 0.4) is 0 Å². The third-order valence-corrected chi connectivity index (χ3v) is 6.24. The molecule has 146 valence electrons. The number of hydrogen-bond donors (Lipinski definition) is 1. The molecule has 2 bridgehead atoms. The van der Waals surface area contributed by atoms with E-state index in [0.717, 1.165) is 42.3 Å². The van der Waals surface area contributed by atoms with E-state index >= 15 is 0 Å². The molecule has 3 atom stereocenters. The van der Waals surface area contributed by atoms with Crippen molar-refractivity contribution in [1.29, 1.82) is 0 Å². The molecule has 1 N–H and O–H groups in total. The lowest BCUT2D eigenvalue weighted by molar-refractivity contribution is 0.0470. The van der Waals surface area contributed by atoms with Crippen LogP contribution in [0.25, 0.3) is 11.1 Å². The van der Waals surface area contributed by atoms with Gasteiger partial charge in [-0.3, -0.25) is 4.90 Å². The summed E-state index contributed by atoms with van der Waals surface area (Å²) in [4.78, 5) is 10.8. The van der Waals surface area contributed by atoms with Crippen LogP contribution in [0.15, 0.2) is 61.2 Å². The number of hydrogen-bond acceptors (Lipinski definition) is 6. The molecule has 3 fully saturated rings. The van der Waals surface area contributed by atoms with Crippen LogP contribution >= 0.6 is 0 Å². The first kappa shape index (κ1) is 16.9. The van der Waals surface area contributed by atoms with E-state index in [1.165, 1.54) is 11.1 Å². The number of rotatable bonds is 4. The van der Waals surface area contributed by atoms with Gasteiger partial charge in [-0.2, -0.15) is 0 Å². The summed E-state index contributed by atoms with van der Waals surface area (Å²) in [7, 11) is 0. The zero-order chi connectivity index (χ0) is 19.2. The fourth-order valence-electron chi connectivity index (χ4n) is 4.84. The molecule has 2 aromatic carbocycles. The molecular weight excluding hydrogens is 364 g/mol. The van der Waals surface area contributed by atoms with Crippen LogP contribution in [0.1, 0.15) is 17.0 Å². The predicted molar refractivity (Wildman–Crippen MR) is 109 cm³/mol. The Hall–Kier alpha value is -2.96. The van der Waals surface area contributed by atoms with Crippen LogP contribution in [-0.2, 0) is 6.54 Å². The molecule has 6 nitrogen and oxygen atoms in total. The number of piperidine rings is 1.